The van der Waals surface area contributed by atoms with Crippen LogP contribution in [0, 0.1) is 0 Å². The molecular weight excluding hydrogens is 302 g/mol. The van der Waals surface area contributed by atoms with Crippen LogP contribution in [-0.4, -0.2) is 49.1 Å². The third kappa shape index (κ3) is 3.85. The molecule has 0 unspecified atom stereocenters. The number of rotatable bonds is 4. The molecule has 0 N–H and O–H groups in total. The van der Waals surface area contributed by atoms with Gasteiger partial charge >= 0.3 is 0 Å². The predicted molar refractivity (Wildman–Crippen MR) is 94.6 cm³/mol. The van der Waals surface area contributed by atoms with Crippen molar-refractivity contribution >= 4 is 11.6 Å². The molecule has 1 aromatic carbocycles. The summed E-state index contributed by atoms with van der Waals surface area (Å²) in [6.45, 7) is 1.45. The van der Waals surface area contributed by atoms with E-state index < -0.39 is 0 Å². The molecule has 0 atom stereocenters. The number of anilines is 1. The number of pyridine rings is 1. The van der Waals surface area contributed by atoms with Crippen molar-refractivity contribution in [2.75, 3.05) is 32.1 Å². The van der Waals surface area contributed by atoms with Gasteiger partial charge in [0.15, 0.2) is 0 Å². The van der Waals surface area contributed by atoms with Gasteiger partial charge in [-0.1, -0.05) is 0 Å². The number of amides is 1. The van der Waals surface area contributed by atoms with Crippen molar-refractivity contribution in [2.24, 2.45) is 0 Å². The Balaban J connectivity index is 1.55. The zero-order valence-corrected chi connectivity index (χ0v) is 14.2. The van der Waals surface area contributed by atoms with Gasteiger partial charge in [-0.3, -0.25) is 9.78 Å². The summed E-state index contributed by atoms with van der Waals surface area (Å²) in [5.41, 5.74) is 1.84. The third-order valence-corrected chi connectivity index (χ3v) is 4.31. The van der Waals surface area contributed by atoms with Gasteiger partial charge in [0.05, 0.1) is 0 Å². The van der Waals surface area contributed by atoms with Crippen molar-refractivity contribution in [3.05, 3.63) is 54.4 Å². The van der Waals surface area contributed by atoms with Crippen LogP contribution in [0.5, 0.6) is 5.75 Å². The van der Waals surface area contributed by atoms with E-state index in [2.05, 4.69) is 4.98 Å². The van der Waals surface area contributed by atoms with Crippen molar-refractivity contribution < 1.29 is 9.53 Å². The van der Waals surface area contributed by atoms with Crippen molar-refractivity contribution in [1.29, 1.82) is 0 Å². The van der Waals surface area contributed by atoms with Gasteiger partial charge in [0, 0.05) is 63.7 Å². The molecule has 1 amide bonds. The van der Waals surface area contributed by atoms with Gasteiger partial charge in [-0.05, 0) is 36.4 Å². The standard InChI is InChI=1S/C19H23N3O2/c1-21(2)16-5-3-15(4-6-16)19(23)22-13-9-18(10-14-22)24-17-7-11-20-12-8-17/h3-8,11-12,18H,9-10,13-14H2,1-2H3. The number of carbonyl (C=O) groups excluding carboxylic acids is 1. The molecule has 1 saturated heterocycles. The van der Waals surface area contributed by atoms with Crippen molar-refractivity contribution in [2.45, 2.75) is 18.9 Å². The fraction of sp³-hybridized carbons (Fsp3) is 0.368. The van der Waals surface area contributed by atoms with E-state index in [1.54, 1.807) is 12.4 Å². The van der Waals surface area contributed by atoms with E-state index in [0.29, 0.717) is 0 Å². The number of ether oxygens (including phenoxy) is 1. The molecule has 126 valence electrons. The average molecular weight is 325 g/mol. The van der Waals surface area contributed by atoms with E-state index in [0.717, 1.165) is 42.9 Å². The smallest absolute Gasteiger partial charge is 0.253 e. The van der Waals surface area contributed by atoms with Gasteiger partial charge in [0.2, 0.25) is 0 Å². The van der Waals surface area contributed by atoms with Crippen LogP contribution in [-0.2, 0) is 0 Å². The van der Waals surface area contributed by atoms with Crippen LogP contribution < -0.4 is 9.64 Å². The Morgan fingerprint density at radius 2 is 1.71 bits per heavy atom. The molecule has 24 heavy (non-hydrogen) atoms. The van der Waals surface area contributed by atoms with E-state index in [1.165, 1.54) is 0 Å². The first-order chi connectivity index (χ1) is 11.6. The van der Waals surface area contributed by atoms with E-state index in [1.807, 2.05) is 60.3 Å². The van der Waals surface area contributed by atoms with Crippen molar-refractivity contribution in [3.63, 3.8) is 0 Å². The third-order valence-electron chi connectivity index (χ3n) is 4.31. The molecule has 3 rings (SSSR count). The highest BCUT2D eigenvalue weighted by Crippen LogP contribution is 2.20. The fourth-order valence-electron chi connectivity index (χ4n) is 2.87. The molecule has 2 aromatic rings. The van der Waals surface area contributed by atoms with Crippen molar-refractivity contribution in [1.82, 2.24) is 9.88 Å². The van der Waals surface area contributed by atoms with Gasteiger partial charge in [0.1, 0.15) is 11.9 Å². The van der Waals surface area contributed by atoms with E-state index in [-0.39, 0.29) is 12.0 Å². The highest BCUT2D eigenvalue weighted by molar-refractivity contribution is 5.94. The number of hydrogen-bond acceptors (Lipinski definition) is 4. The largest absolute Gasteiger partial charge is 0.490 e. The first-order valence-electron chi connectivity index (χ1n) is 8.27. The second-order valence-electron chi connectivity index (χ2n) is 6.23. The number of nitrogens with zero attached hydrogens (tertiary/aromatic N) is 3. The minimum absolute atomic E-state index is 0.0997. The Morgan fingerprint density at radius 3 is 2.29 bits per heavy atom. The number of benzene rings is 1. The summed E-state index contributed by atoms with van der Waals surface area (Å²) >= 11 is 0. The van der Waals surface area contributed by atoms with Crippen LogP contribution in [0.1, 0.15) is 23.2 Å². The zero-order valence-electron chi connectivity index (χ0n) is 14.2. The van der Waals surface area contributed by atoms with E-state index in [9.17, 15) is 4.79 Å². The van der Waals surface area contributed by atoms with Crippen LogP contribution in [0.4, 0.5) is 5.69 Å². The van der Waals surface area contributed by atoms with Crippen LogP contribution in [0.25, 0.3) is 0 Å². The van der Waals surface area contributed by atoms with Crippen molar-refractivity contribution in [3.8, 4) is 5.75 Å². The highest BCUT2D eigenvalue weighted by Gasteiger charge is 2.24. The first kappa shape index (κ1) is 16.3. The Kier molecular flexibility index (Phi) is 4.99. The quantitative estimate of drug-likeness (QED) is 0.867. The minimum Gasteiger partial charge on any atom is -0.490 e. The number of hydrogen-bond donors (Lipinski definition) is 0. The molecule has 2 heterocycles. The summed E-state index contributed by atoms with van der Waals surface area (Å²) in [6.07, 6.45) is 5.32. The monoisotopic (exact) mass is 325 g/mol. The lowest BCUT2D eigenvalue weighted by molar-refractivity contribution is 0.0595. The SMILES string of the molecule is CN(C)c1ccc(C(=O)N2CCC(Oc3ccncc3)CC2)cc1. The summed E-state index contributed by atoms with van der Waals surface area (Å²) in [7, 11) is 3.98. The Bertz CT molecular complexity index is 663. The maximum absolute atomic E-state index is 12.6. The van der Waals surface area contributed by atoms with Crippen LogP contribution in [0.2, 0.25) is 0 Å². The number of carbonyl (C=O) groups is 1. The molecule has 5 nitrogen and oxygen atoms in total. The van der Waals surface area contributed by atoms with E-state index in [4.69, 9.17) is 4.74 Å². The normalized spacial score (nSPS) is 15.2. The van der Waals surface area contributed by atoms with Gasteiger partial charge in [-0.2, -0.15) is 0 Å². The van der Waals surface area contributed by atoms with Gasteiger partial charge < -0.3 is 14.5 Å². The molecule has 0 bridgehead atoms. The summed E-state index contributed by atoms with van der Waals surface area (Å²) in [5.74, 6) is 0.941. The number of piperidine rings is 1. The zero-order chi connectivity index (χ0) is 16.9. The molecule has 1 aromatic heterocycles. The highest BCUT2D eigenvalue weighted by atomic mass is 16.5. The summed E-state index contributed by atoms with van der Waals surface area (Å²) in [6, 6.07) is 11.5. The predicted octanol–water partition coefficient (Wildman–Crippen LogP) is 2.83. The Labute approximate surface area is 142 Å². The number of likely N-dealkylation sites (tertiary alicyclic amines) is 1. The molecule has 0 aliphatic carbocycles. The lowest BCUT2D eigenvalue weighted by Gasteiger charge is -2.32. The molecule has 0 radical (unpaired) electrons. The topological polar surface area (TPSA) is 45.7 Å². The van der Waals surface area contributed by atoms with Crippen LogP contribution >= 0.6 is 0 Å². The molecule has 1 fully saturated rings. The second kappa shape index (κ2) is 7.34. The lowest BCUT2D eigenvalue weighted by Crippen LogP contribution is -2.41. The molecule has 0 saturated carbocycles. The maximum Gasteiger partial charge on any atom is 0.253 e. The summed E-state index contributed by atoms with van der Waals surface area (Å²) in [4.78, 5) is 20.5. The molecule has 1 aliphatic heterocycles. The average Bonchev–Trinajstić information content (AvgIpc) is 2.63. The molecule has 5 heteroatoms. The first-order valence-corrected chi connectivity index (χ1v) is 8.27. The lowest BCUT2D eigenvalue weighted by atomic mass is 10.1. The molecule has 1 aliphatic rings. The Morgan fingerprint density at radius 1 is 1.08 bits per heavy atom. The van der Waals surface area contributed by atoms with Crippen LogP contribution in [0.15, 0.2) is 48.8 Å². The second-order valence-corrected chi connectivity index (χ2v) is 6.23. The molecule has 0 spiro atoms. The fourth-order valence-corrected chi connectivity index (χ4v) is 2.87. The van der Waals surface area contributed by atoms with Gasteiger partial charge in [0.25, 0.3) is 5.91 Å². The van der Waals surface area contributed by atoms with Crippen LogP contribution in [0.3, 0.4) is 0 Å². The summed E-state index contributed by atoms with van der Waals surface area (Å²) in [5, 5.41) is 0. The van der Waals surface area contributed by atoms with Gasteiger partial charge in [-0.25, -0.2) is 0 Å². The number of aromatic nitrogens is 1. The summed E-state index contributed by atoms with van der Waals surface area (Å²) < 4.78 is 5.95. The van der Waals surface area contributed by atoms with E-state index >= 15 is 0 Å². The minimum atomic E-state index is 0.0997. The maximum atomic E-state index is 12.6. The molecular formula is C19H23N3O2. The Hall–Kier alpha value is -2.56. The van der Waals surface area contributed by atoms with Gasteiger partial charge in [-0.15, -0.1) is 0 Å².